The molecule has 46 heavy (non-hydrogen) atoms. The molecular weight excluding hydrogens is 623 g/mol. The average Bonchev–Trinajstić information content (AvgIpc) is 3.60. The molecule has 4 rings (SSSR count). The molecule has 3 heterocycles. The van der Waals surface area contributed by atoms with Crippen LogP contribution in [0, 0.1) is 0 Å². The monoisotopic (exact) mass is 671 g/mol. The summed E-state index contributed by atoms with van der Waals surface area (Å²) in [5, 5.41) is -0.0220. The van der Waals surface area contributed by atoms with Crippen LogP contribution in [0.2, 0.25) is 16.6 Å². The standard InChI is InChI=1S/C34H49N3O7SSi/c1-21(2)46(22(3)4,23(5)6)41-20-32-25(8)36-34(44-32)31-13-12-30(37-31)26-15-28(42-24(7)19-40-9)17-29(16-26)43-27-11-14-33(35-18-27)45(10,38)39/h11-18,21-25,32,37H,19-20H2,1-10H3/t24-,25?,32?/m0/s1. The first-order valence-electron chi connectivity index (χ1n) is 15.9. The average molecular weight is 672 g/mol. The summed E-state index contributed by atoms with van der Waals surface area (Å²) >= 11 is 0. The number of nitrogens with one attached hydrogen (secondary N) is 1. The summed E-state index contributed by atoms with van der Waals surface area (Å²) in [7, 11) is -3.83. The van der Waals surface area contributed by atoms with Crippen molar-refractivity contribution in [1.29, 1.82) is 0 Å². The van der Waals surface area contributed by atoms with Gasteiger partial charge in [-0.1, -0.05) is 41.5 Å². The highest BCUT2D eigenvalue weighted by Gasteiger charge is 2.46. The minimum absolute atomic E-state index is 0.0220. The Kier molecular flexibility index (Phi) is 11.4. The number of H-pyrrole nitrogens is 1. The fourth-order valence-electron chi connectivity index (χ4n) is 6.40. The van der Waals surface area contributed by atoms with Crippen molar-refractivity contribution >= 4 is 24.1 Å². The first kappa shape index (κ1) is 35.7. The van der Waals surface area contributed by atoms with Gasteiger partial charge in [-0.25, -0.2) is 18.4 Å². The summed E-state index contributed by atoms with van der Waals surface area (Å²) in [6.07, 6.45) is 2.14. The number of nitrogens with zero attached hydrogens (tertiary/aromatic N) is 2. The number of sulfone groups is 1. The molecule has 0 saturated carbocycles. The molecule has 0 aliphatic carbocycles. The van der Waals surface area contributed by atoms with Crippen LogP contribution in [0.4, 0.5) is 0 Å². The Morgan fingerprint density at radius 2 is 1.57 bits per heavy atom. The van der Waals surface area contributed by atoms with Gasteiger partial charge in [-0.3, -0.25) is 0 Å². The molecule has 0 radical (unpaired) electrons. The van der Waals surface area contributed by atoms with Crippen molar-refractivity contribution in [2.45, 2.75) is 95.3 Å². The molecule has 10 nitrogen and oxygen atoms in total. The maximum Gasteiger partial charge on any atom is 0.233 e. The number of hydrogen-bond acceptors (Lipinski definition) is 9. The second kappa shape index (κ2) is 14.7. The number of benzene rings is 1. The van der Waals surface area contributed by atoms with Gasteiger partial charge in [0, 0.05) is 30.7 Å². The highest BCUT2D eigenvalue weighted by Crippen LogP contribution is 2.42. The third-order valence-electron chi connectivity index (χ3n) is 8.50. The quantitative estimate of drug-likeness (QED) is 0.166. The number of ether oxygens (including phenoxy) is 4. The zero-order valence-electron chi connectivity index (χ0n) is 28.7. The Hall–Kier alpha value is -3.19. The van der Waals surface area contributed by atoms with Gasteiger partial charge in [-0.15, -0.1) is 0 Å². The predicted molar refractivity (Wildman–Crippen MR) is 183 cm³/mol. The van der Waals surface area contributed by atoms with E-state index in [4.69, 9.17) is 28.4 Å². The minimum Gasteiger partial charge on any atom is -0.488 e. The number of aliphatic imine (C=N–C) groups is 1. The van der Waals surface area contributed by atoms with Gasteiger partial charge in [0.15, 0.2) is 14.9 Å². The smallest absolute Gasteiger partial charge is 0.233 e. The van der Waals surface area contributed by atoms with Gasteiger partial charge in [0.05, 0.1) is 25.5 Å². The van der Waals surface area contributed by atoms with Crippen molar-refractivity contribution in [3.8, 4) is 28.5 Å². The van der Waals surface area contributed by atoms with Crippen LogP contribution in [0.5, 0.6) is 17.2 Å². The summed E-state index contributed by atoms with van der Waals surface area (Å²) in [6.45, 7) is 18.6. The molecule has 12 heteroatoms. The molecule has 3 atom stereocenters. The molecule has 1 N–H and O–H groups in total. The Labute approximate surface area is 274 Å². The van der Waals surface area contributed by atoms with Gasteiger partial charge >= 0.3 is 0 Å². The molecule has 1 aliphatic heterocycles. The van der Waals surface area contributed by atoms with Gasteiger partial charge in [-0.2, -0.15) is 0 Å². The fourth-order valence-corrected chi connectivity index (χ4v) is 12.4. The molecule has 1 aromatic carbocycles. The van der Waals surface area contributed by atoms with Gasteiger partial charge in [0.25, 0.3) is 0 Å². The molecule has 2 aromatic heterocycles. The lowest BCUT2D eigenvalue weighted by molar-refractivity contribution is 0.0920. The van der Waals surface area contributed by atoms with Gasteiger partial charge in [0.2, 0.25) is 14.2 Å². The van der Waals surface area contributed by atoms with Crippen LogP contribution in [-0.2, 0) is 23.7 Å². The number of aromatic nitrogens is 2. The topological polar surface area (TPSA) is 121 Å². The number of hydrogen-bond donors (Lipinski definition) is 1. The summed E-state index contributed by atoms with van der Waals surface area (Å²) in [5.41, 5.74) is 3.88. The van der Waals surface area contributed by atoms with E-state index in [9.17, 15) is 8.42 Å². The molecule has 2 unspecified atom stereocenters. The lowest BCUT2D eigenvalue weighted by atomic mass is 10.1. The SMILES string of the molecule is COC[C@H](C)Oc1cc(Oc2ccc(S(C)(=O)=O)nc2)cc(-c2ccc(C3=NC(C)C(CO[Si](C(C)C)(C(C)C)C(C)C)O3)[nH]2)c1. The highest BCUT2D eigenvalue weighted by molar-refractivity contribution is 7.90. The first-order valence-corrected chi connectivity index (χ1v) is 19.9. The third-order valence-corrected chi connectivity index (χ3v) is 15.6. The predicted octanol–water partition coefficient (Wildman–Crippen LogP) is 7.41. The summed E-state index contributed by atoms with van der Waals surface area (Å²) < 4.78 is 54.3. The second-order valence-electron chi connectivity index (χ2n) is 13.0. The summed E-state index contributed by atoms with van der Waals surface area (Å²) in [5.74, 6) is 2.04. The van der Waals surface area contributed by atoms with Crippen molar-refractivity contribution < 1.29 is 31.8 Å². The van der Waals surface area contributed by atoms with Crippen LogP contribution in [0.25, 0.3) is 11.3 Å². The molecule has 0 spiro atoms. The van der Waals surface area contributed by atoms with Crippen LogP contribution in [-0.4, -0.2) is 77.4 Å². The van der Waals surface area contributed by atoms with E-state index < -0.39 is 18.2 Å². The van der Waals surface area contributed by atoms with Crippen molar-refractivity contribution in [3.05, 3.63) is 54.4 Å². The van der Waals surface area contributed by atoms with Crippen LogP contribution >= 0.6 is 0 Å². The molecular formula is C34H49N3O7SSi. The molecule has 0 fully saturated rings. The summed E-state index contributed by atoms with van der Waals surface area (Å²) in [6, 6.07) is 12.4. The zero-order valence-corrected chi connectivity index (χ0v) is 30.5. The highest BCUT2D eigenvalue weighted by atomic mass is 32.2. The zero-order chi connectivity index (χ0) is 33.8. The maximum absolute atomic E-state index is 11.8. The van der Waals surface area contributed by atoms with Crippen molar-refractivity contribution in [2.75, 3.05) is 26.6 Å². The second-order valence-corrected chi connectivity index (χ2v) is 20.5. The minimum atomic E-state index is -3.42. The van der Waals surface area contributed by atoms with E-state index in [1.165, 1.54) is 12.3 Å². The van der Waals surface area contributed by atoms with E-state index in [1.54, 1.807) is 19.2 Å². The molecule has 252 valence electrons. The third kappa shape index (κ3) is 8.20. The normalized spacial score (nSPS) is 17.8. The van der Waals surface area contributed by atoms with Gasteiger partial charge in [0.1, 0.15) is 35.2 Å². The lowest BCUT2D eigenvalue weighted by Crippen LogP contribution is -2.49. The van der Waals surface area contributed by atoms with E-state index in [1.807, 2.05) is 31.2 Å². The van der Waals surface area contributed by atoms with Crippen molar-refractivity contribution in [2.24, 2.45) is 4.99 Å². The molecule has 3 aromatic rings. The van der Waals surface area contributed by atoms with E-state index >= 15 is 0 Å². The van der Waals surface area contributed by atoms with E-state index in [0.29, 0.717) is 53.0 Å². The molecule has 0 bridgehead atoms. The summed E-state index contributed by atoms with van der Waals surface area (Å²) in [4.78, 5) is 12.3. The number of methoxy groups -OCH3 is 1. The first-order chi connectivity index (χ1) is 21.6. The Bertz CT molecular complexity index is 1580. The van der Waals surface area contributed by atoms with Crippen LogP contribution in [0.15, 0.2) is 58.7 Å². The molecule has 0 amide bonds. The Morgan fingerprint density at radius 3 is 2.15 bits per heavy atom. The van der Waals surface area contributed by atoms with Crippen molar-refractivity contribution in [3.63, 3.8) is 0 Å². The Morgan fingerprint density at radius 1 is 0.913 bits per heavy atom. The van der Waals surface area contributed by atoms with Crippen LogP contribution in [0.1, 0.15) is 61.1 Å². The molecule has 0 saturated heterocycles. The number of rotatable bonds is 15. The molecule has 1 aliphatic rings. The van der Waals surface area contributed by atoms with Gasteiger partial charge < -0.3 is 28.4 Å². The van der Waals surface area contributed by atoms with Gasteiger partial charge in [-0.05, 0) is 66.9 Å². The lowest BCUT2D eigenvalue weighted by Gasteiger charge is -2.42. The van der Waals surface area contributed by atoms with Crippen molar-refractivity contribution in [1.82, 2.24) is 9.97 Å². The van der Waals surface area contributed by atoms with Crippen LogP contribution < -0.4 is 9.47 Å². The Balaban J connectivity index is 1.55. The maximum atomic E-state index is 11.8. The van der Waals surface area contributed by atoms with E-state index in [0.717, 1.165) is 23.2 Å². The fraction of sp³-hybridized carbons (Fsp3) is 0.529. The largest absolute Gasteiger partial charge is 0.488 e. The van der Waals surface area contributed by atoms with E-state index in [2.05, 4.69) is 58.4 Å². The van der Waals surface area contributed by atoms with Crippen LogP contribution in [0.3, 0.4) is 0 Å². The number of aromatic amines is 1. The van der Waals surface area contributed by atoms with E-state index in [-0.39, 0.29) is 23.3 Å². The number of pyridine rings is 1.